The quantitative estimate of drug-likeness (QED) is 0.835. The van der Waals surface area contributed by atoms with Gasteiger partial charge in [-0.2, -0.15) is 4.68 Å². The van der Waals surface area contributed by atoms with E-state index in [0.29, 0.717) is 6.54 Å². The monoisotopic (exact) mass is 300 g/mol. The van der Waals surface area contributed by atoms with E-state index >= 15 is 0 Å². The minimum absolute atomic E-state index is 0.149. The van der Waals surface area contributed by atoms with Gasteiger partial charge in [0.1, 0.15) is 0 Å². The van der Waals surface area contributed by atoms with Gasteiger partial charge >= 0.3 is 0 Å². The van der Waals surface area contributed by atoms with Gasteiger partial charge < -0.3 is 4.90 Å². The Morgan fingerprint density at radius 1 is 1.14 bits per heavy atom. The van der Waals surface area contributed by atoms with Crippen molar-refractivity contribution >= 4 is 5.91 Å². The molecule has 0 saturated carbocycles. The summed E-state index contributed by atoms with van der Waals surface area (Å²) in [4.78, 5) is 15.7. The molecule has 0 bridgehead atoms. The van der Waals surface area contributed by atoms with Gasteiger partial charge in [-0.3, -0.25) is 9.69 Å². The molecule has 1 fully saturated rings. The number of tetrazole rings is 1. The van der Waals surface area contributed by atoms with E-state index in [9.17, 15) is 4.79 Å². The van der Waals surface area contributed by atoms with E-state index in [0.717, 1.165) is 44.1 Å². The molecule has 22 heavy (non-hydrogen) atoms. The molecule has 2 aromatic rings. The van der Waals surface area contributed by atoms with Crippen LogP contribution in [0, 0.1) is 0 Å². The molecular formula is C15H20N6O. The normalized spacial score (nSPS) is 16.5. The van der Waals surface area contributed by atoms with E-state index < -0.39 is 0 Å². The zero-order valence-electron chi connectivity index (χ0n) is 12.7. The molecule has 1 aliphatic heterocycles. The van der Waals surface area contributed by atoms with Gasteiger partial charge in [0.15, 0.2) is 5.82 Å². The molecule has 0 N–H and O–H groups in total. The molecule has 7 nitrogen and oxygen atoms in total. The van der Waals surface area contributed by atoms with Gasteiger partial charge in [-0.15, -0.1) is 5.10 Å². The van der Waals surface area contributed by atoms with E-state index in [2.05, 4.69) is 20.4 Å². The van der Waals surface area contributed by atoms with Crippen molar-refractivity contribution in [3.05, 3.63) is 36.2 Å². The Hall–Kier alpha value is -2.28. The van der Waals surface area contributed by atoms with Crippen molar-refractivity contribution in [1.29, 1.82) is 0 Å². The lowest BCUT2D eigenvalue weighted by Gasteiger charge is -2.20. The van der Waals surface area contributed by atoms with Crippen LogP contribution < -0.4 is 0 Å². The van der Waals surface area contributed by atoms with Gasteiger partial charge in [0.25, 0.3) is 0 Å². The van der Waals surface area contributed by atoms with Crippen LogP contribution in [-0.4, -0.2) is 62.1 Å². The molecule has 1 amide bonds. The number of carbonyl (C=O) groups excluding carboxylic acids is 1. The van der Waals surface area contributed by atoms with Gasteiger partial charge in [-0.1, -0.05) is 18.2 Å². The van der Waals surface area contributed by atoms with Crippen LogP contribution >= 0.6 is 0 Å². The van der Waals surface area contributed by atoms with Crippen LogP contribution in [0.15, 0.2) is 30.3 Å². The molecule has 2 heterocycles. The first-order valence-corrected chi connectivity index (χ1v) is 7.54. The lowest BCUT2D eigenvalue weighted by Crippen LogP contribution is -2.33. The lowest BCUT2D eigenvalue weighted by molar-refractivity contribution is -0.128. The molecule has 1 aromatic carbocycles. The van der Waals surface area contributed by atoms with Crippen molar-refractivity contribution in [3.8, 4) is 5.69 Å². The summed E-state index contributed by atoms with van der Waals surface area (Å²) in [6.07, 6.45) is 0.979. The molecule has 1 aromatic heterocycles. The zero-order chi connectivity index (χ0) is 15.4. The van der Waals surface area contributed by atoms with E-state index in [1.807, 2.05) is 35.2 Å². The SMILES string of the molecule is CC(=O)N1CCCN(Cc2nnnn2-c2ccccc2)CC1. The molecule has 7 heteroatoms. The maximum absolute atomic E-state index is 11.5. The Labute approximate surface area is 129 Å². The number of benzene rings is 1. The fourth-order valence-corrected chi connectivity index (χ4v) is 2.72. The number of hydrogen-bond acceptors (Lipinski definition) is 5. The topological polar surface area (TPSA) is 67.2 Å². The predicted molar refractivity (Wildman–Crippen MR) is 81.3 cm³/mol. The predicted octanol–water partition coefficient (Wildman–Crippen LogP) is 0.716. The molecule has 3 rings (SSSR count). The maximum atomic E-state index is 11.5. The molecule has 1 aliphatic rings. The second-order valence-electron chi connectivity index (χ2n) is 5.48. The van der Waals surface area contributed by atoms with Gasteiger partial charge in [0, 0.05) is 33.1 Å². The summed E-state index contributed by atoms with van der Waals surface area (Å²) in [5.74, 6) is 0.971. The third-order valence-electron chi connectivity index (χ3n) is 3.93. The first-order chi connectivity index (χ1) is 10.7. The number of hydrogen-bond donors (Lipinski definition) is 0. The van der Waals surface area contributed by atoms with Crippen molar-refractivity contribution in [3.63, 3.8) is 0 Å². The number of nitrogens with zero attached hydrogens (tertiary/aromatic N) is 6. The smallest absolute Gasteiger partial charge is 0.219 e. The second kappa shape index (κ2) is 6.65. The summed E-state index contributed by atoms with van der Waals surface area (Å²) in [6, 6.07) is 9.88. The highest BCUT2D eigenvalue weighted by Gasteiger charge is 2.19. The van der Waals surface area contributed by atoms with Crippen LogP contribution in [0.2, 0.25) is 0 Å². The Balaban J connectivity index is 1.69. The molecule has 116 valence electrons. The fourth-order valence-electron chi connectivity index (χ4n) is 2.72. The van der Waals surface area contributed by atoms with Crippen molar-refractivity contribution < 1.29 is 4.79 Å². The fraction of sp³-hybridized carbons (Fsp3) is 0.467. The molecule has 0 aliphatic carbocycles. The standard InChI is InChI=1S/C15H20N6O/c1-13(22)20-9-5-8-19(10-11-20)12-15-16-17-18-21(15)14-6-3-2-4-7-14/h2-4,6-7H,5,8-12H2,1H3. The van der Waals surface area contributed by atoms with Gasteiger partial charge in [-0.05, 0) is 29.0 Å². The third-order valence-corrected chi connectivity index (χ3v) is 3.93. The molecule has 1 saturated heterocycles. The zero-order valence-corrected chi connectivity index (χ0v) is 12.7. The average Bonchev–Trinajstić information content (AvgIpc) is 2.85. The van der Waals surface area contributed by atoms with E-state index in [4.69, 9.17) is 0 Å². The molecule has 0 atom stereocenters. The summed E-state index contributed by atoms with van der Waals surface area (Å²) >= 11 is 0. The second-order valence-corrected chi connectivity index (χ2v) is 5.48. The number of amides is 1. The van der Waals surface area contributed by atoms with Crippen LogP contribution in [0.25, 0.3) is 5.69 Å². The van der Waals surface area contributed by atoms with Crippen molar-refractivity contribution in [2.75, 3.05) is 26.2 Å². The Kier molecular flexibility index (Phi) is 4.43. The van der Waals surface area contributed by atoms with Crippen molar-refractivity contribution in [2.24, 2.45) is 0 Å². The van der Waals surface area contributed by atoms with Crippen LogP contribution in [0.1, 0.15) is 19.2 Å². The summed E-state index contributed by atoms with van der Waals surface area (Å²) in [5, 5.41) is 12.0. The number of rotatable bonds is 3. The average molecular weight is 300 g/mol. The first kappa shape index (κ1) is 14.6. The third kappa shape index (κ3) is 3.30. The molecular weight excluding hydrogens is 280 g/mol. The van der Waals surface area contributed by atoms with Crippen LogP contribution in [0.4, 0.5) is 0 Å². The van der Waals surface area contributed by atoms with Gasteiger partial charge in [-0.25, -0.2) is 0 Å². The van der Waals surface area contributed by atoms with E-state index in [1.54, 1.807) is 11.6 Å². The number of para-hydroxylation sites is 1. The maximum Gasteiger partial charge on any atom is 0.219 e. The summed E-state index contributed by atoms with van der Waals surface area (Å²) in [7, 11) is 0. The van der Waals surface area contributed by atoms with Crippen LogP contribution in [-0.2, 0) is 11.3 Å². The Morgan fingerprint density at radius 3 is 2.73 bits per heavy atom. The first-order valence-electron chi connectivity index (χ1n) is 7.54. The van der Waals surface area contributed by atoms with Gasteiger partial charge in [0.05, 0.1) is 12.2 Å². The highest BCUT2D eigenvalue weighted by atomic mass is 16.2. The van der Waals surface area contributed by atoms with Crippen LogP contribution in [0.3, 0.4) is 0 Å². The number of carbonyl (C=O) groups is 1. The summed E-state index contributed by atoms with van der Waals surface area (Å²) < 4.78 is 1.77. The van der Waals surface area contributed by atoms with Gasteiger partial charge in [0.2, 0.25) is 5.91 Å². The minimum Gasteiger partial charge on any atom is -0.342 e. The molecule has 0 radical (unpaired) electrons. The Morgan fingerprint density at radius 2 is 1.95 bits per heavy atom. The largest absolute Gasteiger partial charge is 0.342 e. The lowest BCUT2D eigenvalue weighted by atomic mass is 10.3. The molecule has 0 spiro atoms. The summed E-state index contributed by atoms with van der Waals surface area (Å²) in [5.41, 5.74) is 0.961. The van der Waals surface area contributed by atoms with Crippen LogP contribution in [0.5, 0.6) is 0 Å². The van der Waals surface area contributed by atoms with Crippen molar-refractivity contribution in [1.82, 2.24) is 30.0 Å². The highest BCUT2D eigenvalue weighted by Crippen LogP contribution is 2.11. The summed E-state index contributed by atoms with van der Waals surface area (Å²) in [6.45, 7) is 5.71. The number of aromatic nitrogens is 4. The van der Waals surface area contributed by atoms with E-state index in [-0.39, 0.29) is 5.91 Å². The van der Waals surface area contributed by atoms with Crippen molar-refractivity contribution in [2.45, 2.75) is 19.9 Å². The Bertz CT molecular complexity index is 626. The van der Waals surface area contributed by atoms with E-state index in [1.165, 1.54) is 0 Å². The highest BCUT2D eigenvalue weighted by molar-refractivity contribution is 5.73. The minimum atomic E-state index is 0.149. The molecule has 0 unspecified atom stereocenters.